The van der Waals surface area contributed by atoms with E-state index in [1.165, 1.54) is 26.5 Å². The summed E-state index contributed by atoms with van der Waals surface area (Å²) in [6.07, 6.45) is 0.582. The minimum atomic E-state index is -0.861. The molecule has 0 radical (unpaired) electrons. The number of benzene rings is 3. The Labute approximate surface area is 218 Å². The number of rotatable bonds is 8. The molecule has 0 saturated carbocycles. The lowest BCUT2D eigenvalue weighted by molar-refractivity contribution is -0.128. The Balaban J connectivity index is 1.37. The van der Waals surface area contributed by atoms with Gasteiger partial charge in [-0.15, -0.1) is 11.8 Å². The maximum Gasteiger partial charge on any atom is 0.513 e. The molecule has 2 amide bonds. The van der Waals surface area contributed by atoms with E-state index in [4.69, 9.17) is 9.47 Å². The fourth-order valence-electron chi connectivity index (χ4n) is 3.69. The molecule has 0 bridgehead atoms. The minimum absolute atomic E-state index is 0.0940. The predicted molar refractivity (Wildman–Crippen MR) is 140 cm³/mol. The first kappa shape index (κ1) is 25.8. The number of carbonyl (C=O) groups excluding carboxylic acids is 3. The number of ether oxygens (including phenoxy) is 3. The number of nitrogens with zero attached hydrogens (tertiary/aromatic N) is 2. The second-order valence-electron chi connectivity index (χ2n) is 7.96. The van der Waals surface area contributed by atoms with Crippen molar-refractivity contribution in [2.24, 2.45) is 5.10 Å². The summed E-state index contributed by atoms with van der Waals surface area (Å²) in [5.74, 6) is 0.642. The molecule has 3 aromatic rings. The first-order chi connectivity index (χ1) is 18.0. The number of methoxy groups -OCH3 is 2. The van der Waals surface area contributed by atoms with Crippen molar-refractivity contribution in [2.45, 2.75) is 11.9 Å². The van der Waals surface area contributed by atoms with E-state index in [1.54, 1.807) is 36.0 Å². The number of hydrazone groups is 1. The van der Waals surface area contributed by atoms with Crippen molar-refractivity contribution in [2.75, 3.05) is 20.0 Å². The second-order valence-corrected chi connectivity index (χ2v) is 9.03. The van der Waals surface area contributed by atoms with Crippen LogP contribution in [0.25, 0.3) is 0 Å². The minimum Gasteiger partial charge on any atom is -0.493 e. The third kappa shape index (κ3) is 6.47. The lowest BCUT2D eigenvalue weighted by Gasteiger charge is -2.24. The third-order valence-electron chi connectivity index (χ3n) is 5.55. The molecule has 0 spiro atoms. The molecule has 1 atom stereocenters. The summed E-state index contributed by atoms with van der Waals surface area (Å²) in [6, 6.07) is 21.8. The Morgan fingerprint density at radius 1 is 1.05 bits per heavy atom. The highest BCUT2D eigenvalue weighted by atomic mass is 32.2. The molecule has 1 saturated heterocycles. The van der Waals surface area contributed by atoms with E-state index in [0.717, 1.165) is 11.1 Å². The van der Waals surface area contributed by atoms with Crippen LogP contribution in [0.15, 0.2) is 77.9 Å². The fraction of sp³-hybridized carbons (Fsp3) is 0.185. The van der Waals surface area contributed by atoms with Crippen molar-refractivity contribution in [3.05, 3.63) is 95.1 Å². The molecule has 1 aliphatic rings. The predicted octanol–water partition coefficient (Wildman–Crippen LogP) is 4.38. The monoisotopic (exact) mass is 519 g/mol. The summed E-state index contributed by atoms with van der Waals surface area (Å²) in [5, 5.41) is 3.89. The molecule has 0 aromatic heterocycles. The van der Waals surface area contributed by atoms with Crippen LogP contribution in [0, 0.1) is 0 Å². The Hall–Kier alpha value is -4.31. The Bertz CT molecular complexity index is 1300. The van der Waals surface area contributed by atoms with Crippen LogP contribution in [0.1, 0.15) is 32.4 Å². The molecule has 1 N–H and O–H groups in total. The maximum absolute atomic E-state index is 12.6. The summed E-state index contributed by atoms with van der Waals surface area (Å²) in [4.78, 5) is 38.2. The smallest absolute Gasteiger partial charge is 0.493 e. The molecular weight excluding hydrogens is 494 g/mol. The maximum atomic E-state index is 12.6. The summed E-state index contributed by atoms with van der Waals surface area (Å²) in [6.45, 7) is 0.537. The first-order valence-electron chi connectivity index (χ1n) is 11.3. The van der Waals surface area contributed by atoms with Crippen LogP contribution >= 0.6 is 11.8 Å². The van der Waals surface area contributed by atoms with Crippen LogP contribution in [0.2, 0.25) is 0 Å². The molecule has 190 valence electrons. The van der Waals surface area contributed by atoms with E-state index >= 15 is 0 Å². The number of hydrogen-bond donors (Lipinski definition) is 1. The Morgan fingerprint density at radius 3 is 2.51 bits per heavy atom. The lowest BCUT2D eigenvalue weighted by atomic mass is 10.1. The van der Waals surface area contributed by atoms with Crippen LogP contribution in [0.3, 0.4) is 0 Å². The van der Waals surface area contributed by atoms with Gasteiger partial charge in [0, 0.05) is 12.1 Å². The van der Waals surface area contributed by atoms with Gasteiger partial charge in [-0.05, 0) is 47.0 Å². The van der Waals surface area contributed by atoms with Gasteiger partial charge in [-0.25, -0.2) is 10.2 Å². The van der Waals surface area contributed by atoms with E-state index in [2.05, 4.69) is 15.3 Å². The summed E-state index contributed by atoms with van der Waals surface area (Å²) in [7, 11) is 2.65. The Kier molecular flexibility index (Phi) is 8.42. The molecule has 1 fully saturated rings. The van der Waals surface area contributed by atoms with Crippen LogP contribution in [-0.2, 0) is 16.1 Å². The Morgan fingerprint density at radius 2 is 1.81 bits per heavy atom. The normalized spacial score (nSPS) is 15.0. The molecule has 0 unspecified atom stereocenters. The van der Waals surface area contributed by atoms with Gasteiger partial charge in [0.1, 0.15) is 5.37 Å². The zero-order valence-electron chi connectivity index (χ0n) is 20.2. The number of thioether (sulfide) groups is 1. The SMILES string of the molecule is COC(=O)Oc1ccc(/C=N\NC(=O)c2ccc([C@H]3SCC(=O)N3Cc3ccccc3)cc2)cc1OC. The van der Waals surface area contributed by atoms with Gasteiger partial charge >= 0.3 is 6.16 Å². The highest BCUT2D eigenvalue weighted by molar-refractivity contribution is 8.00. The lowest BCUT2D eigenvalue weighted by Crippen LogP contribution is -2.27. The van der Waals surface area contributed by atoms with Gasteiger partial charge in [0.25, 0.3) is 5.91 Å². The highest BCUT2D eigenvalue weighted by Gasteiger charge is 2.32. The van der Waals surface area contributed by atoms with Crippen LogP contribution in [-0.4, -0.2) is 49.1 Å². The zero-order chi connectivity index (χ0) is 26.2. The van der Waals surface area contributed by atoms with Crippen molar-refractivity contribution >= 4 is 35.9 Å². The van der Waals surface area contributed by atoms with Gasteiger partial charge in [-0.2, -0.15) is 5.10 Å². The van der Waals surface area contributed by atoms with Crippen molar-refractivity contribution in [1.82, 2.24) is 10.3 Å². The fourth-order valence-corrected chi connectivity index (χ4v) is 4.88. The summed E-state index contributed by atoms with van der Waals surface area (Å²) >= 11 is 1.57. The van der Waals surface area contributed by atoms with E-state index in [1.807, 2.05) is 47.4 Å². The van der Waals surface area contributed by atoms with E-state index in [-0.39, 0.29) is 22.9 Å². The van der Waals surface area contributed by atoms with E-state index in [0.29, 0.717) is 29.2 Å². The van der Waals surface area contributed by atoms with Crippen LogP contribution < -0.4 is 14.9 Å². The molecule has 37 heavy (non-hydrogen) atoms. The topological polar surface area (TPSA) is 107 Å². The van der Waals surface area contributed by atoms with Gasteiger partial charge in [0.2, 0.25) is 5.91 Å². The van der Waals surface area contributed by atoms with Crippen molar-refractivity contribution < 1.29 is 28.6 Å². The third-order valence-corrected chi connectivity index (χ3v) is 6.81. The van der Waals surface area contributed by atoms with Crippen molar-refractivity contribution in [3.63, 3.8) is 0 Å². The quantitative estimate of drug-likeness (QED) is 0.204. The van der Waals surface area contributed by atoms with Gasteiger partial charge in [-0.1, -0.05) is 42.5 Å². The van der Waals surface area contributed by atoms with Gasteiger partial charge in [0.15, 0.2) is 11.5 Å². The van der Waals surface area contributed by atoms with E-state index in [9.17, 15) is 14.4 Å². The highest BCUT2D eigenvalue weighted by Crippen LogP contribution is 2.39. The average molecular weight is 520 g/mol. The largest absolute Gasteiger partial charge is 0.513 e. The molecule has 10 heteroatoms. The van der Waals surface area contributed by atoms with E-state index < -0.39 is 6.16 Å². The number of nitrogens with one attached hydrogen (secondary N) is 1. The average Bonchev–Trinajstić information content (AvgIpc) is 3.29. The molecule has 1 heterocycles. The number of hydrogen-bond acceptors (Lipinski definition) is 8. The van der Waals surface area contributed by atoms with Gasteiger partial charge in [-0.3, -0.25) is 9.59 Å². The molecule has 0 aliphatic carbocycles. The number of carbonyl (C=O) groups is 3. The molecule has 3 aromatic carbocycles. The van der Waals surface area contributed by atoms with Gasteiger partial charge < -0.3 is 19.1 Å². The van der Waals surface area contributed by atoms with Crippen molar-refractivity contribution in [1.29, 1.82) is 0 Å². The van der Waals surface area contributed by atoms with Crippen LogP contribution in [0.5, 0.6) is 11.5 Å². The van der Waals surface area contributed by atoms with Gasteiger partial charge in [0.05, 0.1) is 26.2 Å². The second kappa shape index (κ2) is 12.1. The molecule has 9 nitrogen and oxygen atoms in total. The van der Waals surface area contributed by atoms with Crippen LogP contribution in [0.4, 0.5) is 4.79 Å². The standard InChI is InChI=1S/C27H25N3O6S/c1-34-23-14-19(8-13-22(23)36-27(33)35-2)15-28-29-25(32)20-9-11-21(12-10-20)26-30(24(31)17-37-26)16-18-6-4-3-5-7-18/h3-15,26H,16-17H2,1-2H3,(H,29,32)/b28-15-/t26-/m1/s1. The molecule has 4 rings (SSSR count). The summed E-state index contributed by atoms with van der Waals surface area (Å²) < 4.78 is 14.7. The summed E-state index contributed by atoms with van der Waals surface area (Å²) in [5.41, 5.74) is 5.57. The molecular formula is C27H25N3O6S. The van der Waals surface area contributed by atoms with Crippen molar-refractivity contribution in [3.8, 4) is 11.5 Å². The first-order valence-corrected chi connectivity index (χ1v) is 12.4. The zero-order valence-corrected chi connectivity index (χ0v) is 21.1. The molecule has 1 aliphatic heterocycles. The number of amides is 2.